The summed E-state index contributed by atoms with van der Waals surface area (Å²) in [5.41, 5.74) is 0.945. The molecule has 1 aromatic rings. The highest BCUT2D eigenvalue weighted by Crippen LogP contribution is 2.34. The third kappa shape index (κ3) is 3.06. The molecule has 0 amide bonds. The maximum Gasteiger partial charge on any atom is 0.153 e. The number of hydrogen-bond acceptors (Lipinski definition) is 3. The molecule has 0 spiro atoms. The van der Waals surface area contributed by atoms with Gasteiger partial charge in [0, 0.05) is 19.7 Å². The molecule has 1 aliphatic carbocycles. The van der Waals surface area contributed by atoms with E-state index in [1.54, 1.807) is 4.68 Å². The van der Waals surface area contributed by atoms with Crippen molar-refractivity contribution >= 4 is 5.78 Å². The second-order valence-corrected chi connectivity index (χ2v) is 5.93. The summed E-state index contributed by atoms with van der Waals surface area (Å²) in [7, 11) is 6.01. The Morgan fingerprint density at radius 1 is 1.37 bits per heavy atom. The number of carbonyl (C=O) groups excluding carboxylic acids is 1. The molecule has 0 atom stereocenters. The van der Waals surface area contributed by atoms with Crippen LogP contribution in [0.25, 0.3) is 0 Å². The minimum Gasteiger partial charge on any atom is -0.298 e. The monoisotopic (exact) mass is 263 g/mol. The molecule has 106 valence electrons. The first-order chi connectivity index (χ1) is 9.04. The molecule has 1 heterocycles. The third-order valence-corrected chi connectivity index (χ3v) is 4.45. The van der Waals surface area contributed by atoms with Gasteiger partial charge in [-0.1, -0.05) is 19.3 Å². The Morgan fingerprint density at radius 2 is 2.05 bits per heavy atom. The lowest BCUT2D eigenvalue weighted by Gasteiger charge is -2.41. The van der Waals surface area contributed by atoms with Crippen LogP contribution in [0.4, 0.5) is 0 Å². The third-order valence-electron chi connectivity index (χ3n) is 4.45. The number of Topliss-reactive ketones (excluding diaryl/α,β-unsaturated/α-hetero) is 1. The minimum atomic E-state index is -0.208. The van der Waals surface area contributed by atoms with Crippen molar-refractivity contribution in [2.75, 3.05) is 14.1 Å². The average Bonchev–Trinajstić information content (AvgIpc) is 2.82. The van der Waals surface area contributed by atoms with E-state index in [0.717, 1.165) is 24.8 Å². The van der Waals surface area contributed by atoms with Gasteiger partial charge in [0.1, 0.15) is 0 Å². The van der Waals surface area contributed by atoms with Crippen molar-refractivity contribution in [3.8, 4) is 0 Å². The molecule has 0 N–H and O–H groups in total. The summed E-state index contributed by atoms with van der Waals surface area (Å²) in [6, 6.07) is 0. The van der Waals surface area contributed by atoms with Crippen molar-refractivity contribution < 1.29 is 4.79 Å². The average molecular weight is 263 g/mol. The Morgan fingerprint density at radius 3 is 2.58 bits per heavy atom. The summed E-state index contributed by atoms with van der Waals surface area (Å²) in [6.45, 7) is 0. The summed E-state index contributed by atoms with van der Waals surface area (Å²) in [5, 5.41) is 4.15. The van der Waals surface area contributed by atoms with Gasteiger partial charge in [-0.15, -0.1) is 0 Å². The zero-order valence-electron chi connectivity index (χ0n) is 12.4. The summed E-state index contributed by atoms with van der Waals surface area (Å²) in [6.07, 6.45) is 11.0. The van der Waals surface area contributed by atoms with Crippen LogP contribution in [0, 0.1) is 0 Å². The number of carbonyl (C=O) groups is 1. The van der Waals surface area contributed by atoms with Crippen LogP contribution >= 0.6 is 0 Å². The van der Waals surface area contributed by atoms with Crippen LogP contribution in [-0.2, 0) is 18.3 Å². The van der Waals surface area contributed by atoms with Gasteiger partial charge in [-0.3, -0.25) is 14.4 Å². The van der Waals surface area contributed by atoms with Crippen LogP contribution in [0.1, 0.15) is 44.1 Å². The summed E-state index contributed by atoms with van der Waals surface area (Å²) < 4.78 is 1.79. The first-order valence-electron chi connectivity index (χ1n) is 7.23. The normalized spacial score (nSPS) is 18.7. The number of ketones is 1. The van der Waals surface area contributed by atoms with Gasteiger partial charge in [-0.25, -0.2) is 0 Å². The number of aromatic nitrogens is 2. The molecule has 4 nitrogen and oxygen atoms in total. The lowest BCUT2D eigenvalue weighted by Crippen LogP contribution is -2.52. The number of likely N-dealkylation sites (N-methyl/N-ethyl adjacent to an activating group) is 1. The number of hydrogen-bond donors (Lipinski definition) is 0. The number of aryl methyl sites for hydroxylation is 2. The summed E-state index contributed by atoms with van der Waals surface area (Å²) in [4.78, 5) is 14.8. The van der Waals surface area contributed by atoms with E-state index in [2.05, 4.69) is 10.00 Å². The molecule has 2 rings (SSSR count). The number of rotatable bonds is 5. The fourth-order valence-corrected chi connectivity index (χ4v) is 3.20. The maximum atomic E-state index is 12.7. The van der Waals surface area contributed by atoms with Crippen molar-refractivity contribution in [3.05, 3.63) is 18.0 Å². The highest BCUT2D eigenvalue weighted by molar-refractivity contribution is 5.88. The second-order valence-electron chi connectivity index (χ2n) is 5.93. The molecule has 19 heavy (non-hydrogen) atoms. The quantitative estimate of drug-likeness (QED) is 0.817. The summed E-state index contributed by atoms with van der Waals surface area (Å²) in [5.74, 6) is 0.404. The van der Waals surface area contributed by atoms with Crippen LogP contribution in [0.5, 0.6) is 0 Å². The molecule has 1 aromatic heterocycles. The first-order valence-corrected chi connectivity index (χ1v) is 7.23. The van der Waals surface area contributed by atoms with Gasteiger partial charge in [0.05, 0.1) is 11.7 Å². The van der Waals surface area contributed by atoms with E-state index >= 15 is 0 Å². The lowest BCUT2D eigenvalue weighted by atomic mass is 9.76. The highest BCUT2D eigenvalue weighted by atomic mass is 16.1. The molecule has 0 aromatic carbocycles. The topological polar surface area (TPSA) is 38.1 Å². The van der Waals surface area contributed by atoms with Gasteiger partial charge in [-0.05, 0) is 38.9 Å². The molecule has 0 bridgehead atoms. The van der Waals surface area contributed by atoms with Gasteiger partial charge < -0.3 is 0 Å². The Labute approximate surface area is 115 Å². The lowest BCUT2D eigenvalue weighted by molar-refractivity contribution is -0.131. The Balaban J connectivity index is 2.00. The van der Waals surface area contributed by atoms with Crippen LogP contribution in [-0.4, -0.2) is 40.1 Å². The van der Waals surface area contributed by atoms with Crippen molar-refractivity contribution in [1.82, 2.24) is 14.7 Å². The molecule has 0 aliphatic heterocycles. The fourth-order valence-electron chi connectivity index (χ4n) is 3.20. The van der Waals surface area contributed by atoms with E-state index < -0.39 is 0 Å². The Kier molecular flexibility index (Phi) is 4.40. The van der Waals surface area contributed by atoms with E-state index in [1.807, 2.05) is 33.5 Å². The van der Waals surface area contributed by atoms with Crippen LogP contribution < -0.4 is 0 Å². The predicted octanol–water partition coefficient (Wildman–Crippen LogP) is 2.19. The van der Waals surface area contributed by atoms with Crippen molar-refractivity contribution in [1.29, 1.82) is 0 Å². The van der Waals surface area contributed by atoms with E-state index in [-0.39, 0.29) is 5.54 Å². The largest absolute Gasteiger partial charge is 0.298 e. The van der Waals surface area contributed by atoms with Gasteiger partial charge in [-0.2, -0.15) is 5.10 Å². The smallest absolute Gasteiger partial charge is 0.153 e. The zero-order chi connectivity index (χ0) is 13.9. The van der Waals surface area contributed by atoms with Crippen molar-refractivity contribution in [2.24, 2.45) is 7.05 Å². The first kappa shape index (κ1) is 14.3. The van der Waals surface area contributed by atoms with E-state index in [1.165, 1.54) is 19.3 Å². The van der Waals surface area contributed by atoms with Crippen molar-refractivity contribution in [3.63, 3.8) is 0 Å². The minimum absolute atomic E-state index is 0.208. The summed E-state index contributed by atoms with van der Waals surface area (Å²) >= 11 is 0. The van der Waals surface area contributed by atoms with Gasteiger partial charge in [0.25, 0.3) is 0 Å². The molecule has 1 aliphatic rings. The Bertz CT molecular complexity index is 430. The van der Waals surface area contributed by atoms with E-state index in [0.29, 0.717) is 12.2 Å². The van der Waals surface area contributed by atoms with Crippen LogP contribution in [0.15, 0.2) is 12.4 Å². The standard InChI is InChI=1S/C15H25N3O/c1-17(2)15(9-5-4-6-10-15)14(19)8-7-13-11-16-18(3)12-13/h11-12H,4-10H2,1-3H3. The molecule has 0 radical (unpaired) electrons. The van der Waals surface area contributed by atoms with Crippen LogP contribution in [0.2, 0.25) is 0 Å². The van der Waals surface area contributed by atoms with Crippen LogP contribution in [0.3, 0.4) is 0 Å². The van der Waals surface area contributed by atoms with Gasteiger partial charge >= 0.3 is 0 Å². The maximum absolute atomic E-state index is 12.7. The molecular formula is C15H25N3O. The molecule has 4 heteroatoms. The molecule has 0 unspecified atom stereocenters. The van der Waals surface area contributed by atoms with Gasteiger partial charge in [0.15, 0.2) is 5.78 Å². The molecular weight excluding hydrogens is 238 g/mol. The second kappa shape index (κ2) is 5.87. The fraction of sp³-hybridized carbons (Fsp3) is 0.733. The highest BCUT2D eigenvalue weighted by Gasteiger charge is 2.40. The SMILES string of the molecule is CN(C)C1(C(=O)CCc2cnn(C)c2)CCCCC1. The zero-order valence-corrected chi connectivity index (χ0v) is 12.4. The van der Waals surface area contributed by atoms with Gasteiger partial charge in [0.2, 0.25) is 0 Å². The number of nitrogens with zero attached hydrogens (tertiary/aromatic N) is 3. The Hall–Kier alpha value is -1.16. The van der Waals surface area contributed by atoms with E-state index in [9.17, 15) is 4.79 Å². The van der Waals surface area contributed by atoms with Crippen molar-refractivity contribution in [2.45, 2.75) is 50.5 Å². The predicted molar refractivity (Wildman–Crippen MR) is 76.0 cm³/mol. The molecule has 1 saturated carbocycles. The molecule has 0 saturated heterocycles. The van der Waals surface area contributed by atoms with E-state index in [4.69, 9.17) is 0 Å². The molecule has 1 fully saturated rings.